The number of phenols is 1. The maximum atomic E-state index is 11.9. The van der Waals surface area contributed by atoms with Gasteiger partial charge in [-0.2, -0.15) is 0 Å². The topological polar surface area (TPSA) is 75.6 Å². The Kier molecular flexibility index (Phi) is 5.74. The summed E-state index contributed by atoms with van der Waals surface area (Å²) >= 11 is 0. The molecule has 0 spiro atoms. The predicted octanol–water partition coefficient (Wildman–Crippen LogP) is 2.82. The van der Waals surface area contributed by atoms with Crippen LogP contribution in [0, 0.1) is 0 Å². The van der Waals surface area contributed by atoms with Crippen molar-refractivity contribution in [3.63, 3.8) is 0 Å². The monoisotopic (exact) mass is 313 g/mol. The highest BCUT2D eigenvalue weighted by Gasteiger charge is 2.18. The van der Waals surface area contributed by atoms with Crippen LogP contribution in [-0.2, 0) is 22.6 Å². The lowest BCUT2D eigenvalue weighted by molar-refractivity contribution is -0.118. The molecule has 2 aromatic rings. The van der Waals surface area contributed by atoms with Gasteiger partial charge < -0.3 is 15.2 Å². The fraction of sp³-hybridized carbons (Fsp3) is 0.222. The third-order valence-corrected chi connectivity index (χ3v) is 3.37. The lowest BCUT2D eigenvalue weighted by Crippen LogP contribution is -2.41. The molecule has 2 N–H and O–H groups in total. The number of carbonyl (C=O) groups excluding carboxylic acids is 2. The van der Waals surface area contributed by atoms with E-state index < -0.39 is 12.1 Å². The molecule has 2 rings (SSSR count). The number of nitrogens with one attached hydrogen (secondary N) is 1. The Hall–Kier alpha value is -2.82. The summed E-state index contributed by atoms with van der Waals surface area (Å²) in [5.74, 6) is -0.00177. The third-order valence-electron chi connectivity index (χ3n) is 3.37. The zero-order valence-electron chi connectivity index (χ0n) is 12.9. The van der Waals surface area contributed by atoms with Crippen molar-refractivity contribution in [1.29, 1.82) is 0 Å². The Morgan fingerprint density at radius 2 is 1.70 bits per heavy atom. The third kappa shape index (κ3) is 5.47. The van der Waals surface area contributed by atoms with Crippen molar-refractivity contribution in [3.8, 4) is 5.75 Å². The Balaban J connectivity index is 1.89. The van der Waals surface area contributed by atoms with Crippen LogP contribution in [-0.4, -0.2) is 23.0 Å². The molecule has 1 atom stereocenters. The predicted molar refractivity (Wildman–Crippen MR) is 86.0 cm³/mol. The molecular weight excluding hydrogens is 294 g/mol. The van der Waals surface area contributed by atoms with Crippen LogP contribution in [0.2, 0.25) is 0 Å². The van der Waals surface area contributed by atoms with Gasteiger partial charge in [-0.25, -0.2) is 4.79 Å². The molecule has 0 radical (unpaired) electrons. The van der Waals surface area contributed by atoms with Crippen LogP contribution in [0.1, 0.15) is 18.1 Å². The van der Waals surface area contributed by atoms with Crippen molar-refractivity contribution < 1.29 is 19.4 Å². The second-order valence-corrected chi connectivity index (χ2v) is 5.24. The maximum absolute atomic E-state index is 11.9. The summed E-state index contributed by atoms with van der Waals surface area (Å²) in [5.41, 5.74) is 1.71. The summed E-state index contributed by atoms with van der Waals surface area (Å²) in [7, 11) is 0. The number of rotatable bonds is 6. The van der Waals surface area contributed by atoms with E-state index in [1.807, 2.05) is 30.3 Å². The summed E-state index contributed by atoms with van der Waals surface area (Å²) in [4.78, 5) is 23.6. The van der Waals surface area contributed by atoms with Crippen molar-refractivity contribution in [1.82, 2.24) is 5.32 Å². The van der Waals surface area contributed by atoms with E-state index in [1.165, 1.54) is 6.92 Å². The molecular formula is C18H19NO4. The van der Waals surface area contributed by atoms with Crippen molar-refractivity contribution in [2.45, 2.75) is 26.0 Å². The van der Waals surface area contributed by atoms with Crippen LogP contribution < -0.4 is 5.32 Å². The number of ketones is 1. The first-order chi connectivity index (χ1) is 11.0. The molecule has 0 fully saturated rings. The van der Waals surface area contributed by atoms with Crippen LogP contribution in [0.4, 0.5) is 4.79 Å². The van der Waals surface area contributed by atoms with E-state index >= 15 is 0 Å². The molecule has 0 aromatic heterocycles. The molecule has 0 saturated carbocycles. The van der Waals surface area contributed by atoms with E-state index in [0.717, 1.165) is 11.1 Å². The number of hydrogen-bond acceptors (Lipinski definition) is 4. The van der Waals surface area contributed by atoms with Crippen molar-refractivity contribution in [2.24, 2.45) is 0 Å². The average Bonchev–Trinajstić information content (AvgIpc) is 2.55. The first-order valence-electron chi connectivity index (χ1n) is 7.30. The van der Waals surface area contributed by atoms with Gasteiger partial charge >= 0.3 is 6.09 Å². The van der Waals surface area contributed by atoms with Crippen LogP contribution >= 0.6 is 0 Å². The molecule has 0 unspecified atom stereocenters. The number of aromatic hydroxyl groups is 1. The van der Waals surface area contributed by atoms with Gasteiger partial charge in [-0.3, -0.25) is 4.79 Å². The zero-order valence-corrected chi connectivity index (χ0v) is 12.9. The van der Waals surface area contributed by atoms with Gasteiger partial charge in [0.15, 0.2) is 5.78 Å². The van der Waals surface area contributed by atoms with E-state index in [0.29, 0.717) is 6.42 Å². The molecule has 0 saturated heterocycles. The fourth-order valence-corrected chi connectivity index (χ4v) is 2.07. The summed E-state index contributed by atoms with van der Waals surface area (Å²) in [6.45, 7) is 1.57. The molecule has 5 heteroatoms. The summed E-state index contributed by atoms with van der Waals surface area (Å²) < 4.78 is 5.12. The highest BCUT2D eigenvalue weighted by Crippen LogP contribution is 2.12. The highest BCUT2D eigenvalue weighted by atomic mass is 16.5. The normalized spacial score (nSPS) is 11.5. The summed E-state index contributed by atoms with van der Waals surface area (Å²) in [5, 5.41) is 11.8. The second-order valence-electron chi connectivity index (χ2n) is 5.24. The van der Waals surface area contributed by atoms with Gasteiger partial charge in [-0.05, 0) is 36.6 Å². The number of benzene rings is 2. The molecule has 5 nitrogen and oxygen atoms in total. The summed E-state index contributed by atoms with van der Waals surface area (Å²) in [6.07, 6.45) is -0.288. The molecule has 23 heavy (non-hydrogen) atoms. The second kappa shape index (κ2) is 7.98. The Morgan fingerprint density at radius 3 is 2.30 bits per heavy atom. The van der Waals surface area contributed by atoms with E-state index in [1.54, 1.807) is 24.3 Å². The van der Waals surface area contributed by atoms with Gasteiger partial charge in [0.2, 0.25) is 0 Å². The number of phenolic OH excluding ortho intramolecular Hbond substituents is 1. The zero-order chi connectivity index (χ0) is 16.7. The van der Waals surface area contributed by atoms with E-state index in [4.69, 9.17) is 4.74 Å². The van der Waals surface area contributed by atoms with E-state index in [9.17, 15) is 14.7 Å². The molecule has 1 amide bonds. The van der Waals surface area contributed by atoms with Crippen LogP contribution in [0.3, 0.4) is 0 Å². The molecule has 2 aromatic carbocycles. The molecule has 120 valence electrons. The van der Waals surface area contributed by atoms with Gasteiger partial charge in [0.05, 0.1) is 6.04 Å². The summed E-state index contributed by atoms with van der Waals surface area (Å²) in [6, 6.07) is 15.2. The number of ether oxygens (including phenoxy) is 1. The number of alkyl carbamates (subject to hydrolysis) is 1. The van der Waals surface area contributed by atoms with E-state index in [-0.39, 0.29) is 18.1 Å². The fourth-order valence-electron chi connectivity index (χ4n) is 2.07. The standard InChI is InChI=1S/C18H19NO4/c1-13(20)17(11-14-7-9-16(21)10-8-14)19-18(22)23-12-15-5-3-2-4-6-15/h2-10,17,21H,11-12H2,1H3,(H,19,22)/t17-/m0/s1. The lowest BCUT2D eigenvalue weighted by atomic mass is 10.0. The Bertz CT molecular complexity index is 652. The molecule has 0 bridgehead atoms. The van der Waals surface area contributed by atoms with E-state index in [2.05, 4.69) is 5.32 Å². The molecule has 0 heterocycles. The number of hydrogen-bond donors (Lipinski definition) is 2. The SMILES string of the molecule is CC(=O)[C@H](Cc1ccc(O)cc1)NC(=O)OCc1ccccc1. The van der Waals surface area contributed by atoms with Crippen molar-refractivity contribution in [2.75, 3.05) is 0 Å². The number of Topliss-reactive ketones (excluding diaryl/α,β-unsaturated/α-hetero) is 1. The van der Waals surface area contributed by atoms with Crippen LogP contribution in [0.15, 0.2) is 54.6 Å². The van der Waals surface area contributed by atoms with Gasteiger partial charge in [-0.1, -0.05) is 42.5 Å². The number of carbonyl (C=O) groups is 2. The van der Waals surface area contributed by atoms with Crippen molar-refractivity contribution >= 4 is 11.9 Å². The van der Waals surface area contributed by atoms with Gasteiger partial charge in [0.25, 0.3) is 0 Å². The maximum Gasteiger partial charge on any atom is 0.408 e. The Labute approximate surface area is 134 Å². The highest BCUT2D eigenvalue weighted by molar-refractivity contribution is 5.85. The molecule has 0 aliphatic heterocycles. The minimum atomic E-state index is -0.664. The Morgan fingerprint density at radius 1 is 1.04 bits per heavy atom. The quantitative estimate of drug-likeness (QED) is 0.860. The first-order valence-corrected chi connectivity index (χ1v) is 7.30. The van der Waals surface area contributed by atoms with Crippen LogP contribution in [0.5, 0.6) is 5.75 Å². The molecule has 0 aliphatic rings. The van der Waals surface area contributed by atoms with Crippen LogP contribution in [0.25, 0.3) is 0 Å². The van der Waals surface area contributed by atoms with Crippen molar-refractivity contribution in [3.05, 3.63) is 65.7 Å². The minimum Gasteiger partial charge on any atom is -0.508 e. The van der Waals surface area contributed by atoms with Gasteiger partial charge in [-0.15, -0.1) is 0 Å². The van der Waals surface area contributed by atoms with Gasteiger partial charge in [0, 0.05) is 0 Å². The first kappa shape index (κ1) is 16.5. The molecule has 0 aliphatic carbocycles. The lowest BCUT2D eigenvalue weighted by Gasteiger charge is -2.16. The average molecular weight is 313 g/mol. The van der Waals surface area contributed by atoms with Gasteiger partial charge in [0.1, 0.15) is 12.4 Å². The smallest absolute Gasteiger partial charge is 0.408 e. The number of amides is 1. The largest absolute Gasteiger partial charge is 0.508 e. The minimum absolute atomic E-state index is 0.149.